The Morgan fingerprint density at radius 2 is 1.94 bits per heavy atom. The molecule has 0 saturated heterocycles. The van der Waals surface area contributed by atoms with E-state index >= 15 is 0 Å². The van der Waals surface area contributed by atoms with Crippen molar-refractivity contribution in [1.82, 2.24) is 9.78 Å². The van der Waals surface area contributed by atoms with Crippen LogP contribution in [0.25, 0.3) is 5.69 Å². The van der Waals surface area contributed by atoms with Gasteiger partial charge in [0.15, 0.2) is 0 Å². The van der Waals surface area contributed by atoms with Crippen LogP contribution in [0, 0.1) is 13.8 Å². The van der Waals surface area contributed by atoms with Gasteiger partial charge in [0.05, 0.1) is 7.11 Å². The minimum atomic E-state index is -0.0398. The summed E-state index contributed by atoms with van der Waals surface area (Å²) in [5.41, 5.74) is 2.29. The van der Waals surface area contributed by atoms with Crippen molar-refractivity contribution in [1.29, 1.82) is 0 Å². The summed E-state index contributed by atoms with van der Waals surface area (Å²) in [6, 6.07) is 7.41. The lowest BCUT2D eigenvalue weighted by Crippen LogP contribution is -2.16. The molecule has 0 spiro atoms. The highest BCUT2D eigenvalue weighted by Gasteiger charge is 2.11. The van der Waals surface area contributed by atoms with E-state index in [2.05, 4.69) is 5.10 Å². The Hall–Kier alpha value is -1.97. The molecule has 1 heterocycles. The first kappa shape index (κ1) is 10.5. The summed E-state index contributed by atoms with van der Waals surface area (Å²) in [6.45, 7) is 3.68. The molecular formula is C12H14N2O2. The van der Waals surface area contributed by atoms with E-state index in [1.165, 1.54) is 4.68 Å². The first-order valence-electron chi connectivity index (χ1n) is 5.06. The third-order valence-electron chi connectivity index (χ3n) is 2.69. The van der Waals surface area contributed by atoms with Crippen molar-refractivity contribution in [3.05, 3.63) is 45.9 Å². The van der Waals surface area contributed by atoms with Crippen molar-refractivity contribution in [2.45, 2.75) is 13.8 Å². The van der Waals surface area contributed by atoms with E-state index < -0.39 is 0 Å². The predicted octanol–water partition coefficient (Wildman–Crippen LogP) is 1.79. The monoisotopic (exact) mass is 218 g/mol. The van der Waals surface area contributed by atoms with E-state index in [1.54, 1.807) is 14.0 Å². The summed E-state index contributed by atoms with van der Waals surface area (Å²) in [7, 11) is 1.59. The van der Waals surface area contributed by atoms with Gasteiger partial charge >= 0.3 is 0 Å². The van der Waals surface area contributed by atoms with Gasteiger partial charge in [-0.3, -0.25) is 9.89 Å². The largest absolute Gasteiger partial charge is 0.494 e. The molecule has 0 fully saturated rings. The highest BCUT2D eigenvalue weighted by Crippen LogP contribution is 2.20. The normalized spacial score (nSPS) is 10.4. The second kappa shape index (κ2) is 3.89. The number of hydrogen-bond acceptors (Lipinski definition) is 2. The Morgan fingerprint density at radius 1 is 1.25 bits per heavy atom. The molecule has 0 aliphatic heterocycles. The molecule has 1 aromatic heterocycles. The van der Waals surface area contributed by atoms with Crippen LogP contribution < -0.4 is 10.3 Å². The number of aromatic nitrogens is 2. The molecule has 0 bridgehead atoms. The van der Waals surface area contributed by atoms with Gasteiger partial charge in [0, 0.05) is 11.3 Å². The lowest BCUT2D eigenvalue weighted by molar-refractivity contribution is 0.411. The fraction of sp³-hybridized carbons (Fsp3) is 0.250. The van der Waals surface area contributed by atoms with Crippen LogP contribution in [0.15, 0.2) is 29.1 Å². The molecular weight excluding hydrogens is 204 g/mol. The molecule has 1 aromatic carbocycles. The fourth-order valence-corrected chi connectivity index (χ4v) is 1.61. The van der Waals surface area contributed by atoms with Crippen molar-refractivity contribution in [3.63, 3.8) is 0 Å². The number of nitrogens with one attached hydrogen (secondary N) is 1. The average Bonchev–Trinajstić information content (AvgIpc) is 2.57. The van der Waals surface area contributed by atoms with Gasteiger partial charge in [-0.25, -0.2) is 4.68 Å². The van der Waals surface area contributed by atoms with Crippen LogP contribution in [0.1, 0.15) is 11.3 Å². The minimum Gasteiger partial charge on any atom is -0.494 e. The van der Waals surface area contributed by atoms with Crippen LogP contribution in [0.2, 0.25) is 0 Å². The number of nitrogens with zero attached hydrogens (tertiary/aromatic N) is 1. The maximum absolute atomic E-state index is 11.9. The number of hydrogen-bond donors (Lipinski definition) is 1. The Bertz CT molecular complexity index is 567. The molecule has 0 aliphatic rings. The van der Waals surface area contributed by atoms with Crippen molar-refractivity contribution >= 4 is 0 Å². The van der Waals surface area contributed by atoms with Gasteiger partial charge in [-0.15, -0.1) is 0 Å². The Morgan fingerprint density at radius 3 is 2.50 bits per heavy atom. The quantitative estimate of drug-likeness (QED) is 0.835. The first-order chi connectivity index (χ1) is 7.65. The standard InChI is InChI=1S/C12H14N2O2/c1-8-9(2)13-14(12(8)15)10-6-4-5-7-11(10)16-3/h4-7,13H,1-3H3. The summed E-state index contributed by atoms with van der Waals surface area (Å²) < 4.78 is 6.73. The van der Waals surface area contributed by atoms with Crippen molar-refractivity contribution in [3.8, 4) is 11.4 Å². The molecule has 4 nitrogen and oxygen atoms in total. The van der Waals surface area contributed by atoms with Gasteiger partial charge < -0.3 is 4.74 Å². The summed E-state index contributed by atoms with van der Waals surface area (Å²) in [5, 5.41) is 3.03. The maximum Gasteiger partial charge on any atom is 0.274 e. The van der Waals surface area contributed by atoms with Crippen LogP contribution >= 0.6 is 0 Å². The number of aromatic amines is 1. The number of ether oxygens (including phenoxy) is 1. The Kier molecular flexibility index (Phi) is 2.56. The second-order valence-electron chi connectivity index (χ2n) is 3.67. The Balaban J connectivity index is 2.68. The highest BCUT2D eigenvalue weighted by atomic mass is 16.5. The molecule has 0 aliphatic carbocycles. The van der Waals surface area contributed by atoms with Gasteiger partial charge in [0.1, 0.15) is 11.4 Å². The zero-order valence-corrected chi connectivity index (χ0v) is 9.57. The molecule has 0 amide bonds. The molecule has 0 saturated carbocycles. The van der Waals surface area contributed by atoms with Crippen LogP contribution in [0.3, 0.4) is 0 Å². The van der Waals surface area contributed by atoms with E-state index in [4.69, 9.17) is 4.74 Å². The number of H-pyrrole nitrogens is 1. The SMILES string of the molecule is COc1ccccc1-n1[nH]c(C)c(C)c1=O. The number of methoxy groups -OCH3 is 1. The fourth-order valence-electron chi connectivity index (χ4n) is 1.61. The number of rotatable bonds is 2. The number of aryl methyl sites for hydroxylation is 1. The van der Waals surface area contributed by atoms with Gasteiger partial charge in [-0.1, -0.05) is 12.1 Å². The number of benzene rings is 1. The molecule has 0 atom stereocenters. The molecule has 16 heavy (non-hydrogen) atoms. The zero-order valence-electron chi connectivity index (χ0n) is 9.57. The van der Waals surface area contributed by atoms with E-state index in [0.717, 1.165) is 16.9 Å². The molecule has 0 unspecified atom stereocenters. The highest BCUT2D eigenvalue weighted by molar-refractivity contribution is 5.46. The molecule has 0 radical (unpaired) electrons. The van der Waals surface area contributed by atoms with Crippen molar-refractivity contribution in [2.75, 3.05) is 7.11 Å². The van der Waals surface area contributed by atoms with Crippen molar-refractivity contribution in [2.24, 2.45) is 0 Å². The molecule has 2 rings (SSSR count). The molecule has 4 heteroatoms. The second-order valence-corrected chi connectivity index (χ2v) is 3.67. The summed E-state index contributed by atoms with van der Waals surface area (Å²) in [5.74, 6) is 0.672. The predicted molar refractivity (Wildman–Crippen MR) is 62.4 cm³/mol. The summed E-state index contributed by atoms with van der Waals surface area (Å²) in [6.07, 6.45) is 0. The minimum absolute atomic E-state index is 0.0398. The molecule has 1 N–H and O–H groups in total. The number of para-hydroxylation sites is 2. The van der Waals surface area contributed by atoms with Crippen LogP contribution in [0.4, 0.5) is 0 Å². The van der Waals surface area contributed by atoms with Gasteiger partial charge in [0.25, 0.3) is 5.56 Å². The lowest BCUT2D eigenvalue weighted by Gasteiger charge is -2.07. The van der Waals surface area contributed by atoms with E-state index in [-0.39, 0.29) is 5.56 Å². The topological polar surface area (TPSA) is 47.0 Å². The average molecular weight is 218 g/mol. The smallest absolute Gasteiger partial charge is 0.274 e. The maximum atomic E-state index is 11.9. The van der Waals surface area contributed by atoms with Gasteiger partial charge in [0.2, 0.25) is 0 Å². The summed E-state index contributed by atoms with van der Waals surface area (Å²) >= 11 is 0. The van der Waals surface area contributed by atoms with E-state index in [9.17, 15) is 4.79 Å². The lowest BCUT2D eigenvalue weighted by atomic mass is 10.3. The van der Waals surface area contributed by atoms with Gasteiger partial charge in [-0.2, -0.15) is 0 Å². The summed E-state index contributed by atoms with van der Waals surface area (Å²) in [4.78, 5) is 11.9. The van der Waals surface area contributed by atoms with Crippen LogP contribution in [-0.2, 0) is 0 Å². The van der Waals surface area contributed by atoms with Crippen LogP contribution in [0.5, 0.6) is 5.75 Å². The first-order valence-corrected chi connectivity index (χ1v) is 5.06. The molecule has 2 aromatic rings. The Labute approximate surface area is 93.5 Å². The molecule has 84 valence electrons. The van der Waals surface area contributed by atoms with Crippen LogP contribution in [-0.4, -0.2) is 16.9 Å². The third-order valence-corrected chi connectivity index (χ3v) is 2.69. The zero-order chi connectivity index (χ0) is 11.7. The van der Waals surface area contributed by atoms with E-state index in [0.29, 0.717) is 5.75 Å². The van der Waals surface area contributed by atoms with Crippen molar-refractivity contribution < 1.29 is 4.74 Å². The van der Waals surface area contributed by atoms with E-state index in [1.807, 2.05) is 31.2 Å². The third kappa shape index (κ3) is 1.52. The van der Waals surface area contributed by atoms with Gasteiger partial charge in [-0.05, 0) is 26.0 Å².